The van der Waals surface area contributed by atoms with E-state index in [0.29, 0.717) is 47.7 Å². The van der Waals surface area contributed by atoms with Crippen LogP contribution >= 0.6 is 23.1 Å². The third-order valence-electron chi connectivity index (χ3n) is 14.7. The lowest BCUT2D eigenvalue weighted by Crippen LogP contribution is -2.70. The van der Waals surface area contributed by atoms with Crippen LogP contribution < -0.4 is 30.3 Å². The first kappa shape index (κ1) is 54.7. The van der Waals surface area contributed by atoms with Crippen LogP contribution in [-0.4, -0.2) is 152 Å². The fourth-order valence-corrected chi connectivity index (χ4v) is 12.0. The number of nitrogens with one attached hydrogen (secondary N) is 2. The lowest BCUT2D eigenvalue weighted by atomic mass is 9.70. The molecule has 0 aliphatic carbocycles. The molecule has 77 heavy (non-hydrogen) atoms. The number of thioether (sulfide) groups is 1. The van der Waals surface area contributed by atoms with Crippen LogP contribution in [0.1, 0.15) is 97.6 Å². The summed E-state index contributed by atoms with van der Waals surface area (Å²) < 4.78 is 26.2. The first-order chi connectivity index (χ1) is 36.6. The van der Waals surface area contributed by atoms with Crippen molar-refractivity contribution in [3.63, 3.8) is 0 Å². The van der Waals surface area contributed by atoms with Gasteiger partial charge in [-0.05, 0) is 89.4 Å². The average molecular weight is 1090 g/mol. The van der Waals surface area contributed by atoms with Crippen molar-refractivity contribution in [3.8, 4) is 17.2 Å². The quantitative estimate of drug-likeness (QED) is 0.0297. The predicted molar refractivity (Wildman–Crippen MR) is 291 cm³/mol. The highest BCUT2D eigenvalue weighted by Crippen LogP contribution is 2.48. The second-order valence-electron chi connectivity index (χ2n) is 21.8. The number of methoxy groups -OCH3 is 2. The zero-order valence-corrected chi connectivity index (χ0v) is 46.8. The molecule has 5 aromatic rings. The number of hydrogen-bond acceptors (Lipinski definition) is 17. The molecular formula is C53H65BN11O10S2+. The van der Waals surface area contributed by atoms with Gasteiger partial charge in [0.1, 0.15) is 53.1 Å². The Morgan fingerprint density at radius 3 is 2.29 bits per heavy atom. The molecule has 3 amide bonds. The summed E-state index contributed by atoms with van der Waals surface area (Å²) in [6.07, 6.45) is 4.21. The summed E-state index contributed by atoms with van der Waals surface area (Å²) >= 11 is 2.87. The summed E-state index contributed by atoms with van der Waals surface area (Å²) in [6.45, 7) is 16.1. The number of piperidine rings is 3. The topological polar surface area (TPSA) is 233 Å². The van der Waals surface area contributed by atoms with E-state index in [-0.39, 0.29) is 46.7 Å². The van der Waals surface area contributed by atoms with Crippen molar-refractivity contribution in [2.75, 3.05) is 52.7 Å². The van der Waals surface area contributed by atoms with Crippen molar-refractivity contribution in [1.82, 2.24) is 45.2 Å². The Balaban J connectivity index is 0.881. The molecule has 4 fully saturated rings. The van der Waals surface area contributed by atoms with Crippen LogP contribution in [0.2, 0.25) is 0 Å². The minimum Gasteiger partial charge on any atom is -0.497 e. The summed E-state index contributed by atoms with van der Waals surface area (Å²) in [4.78, 5) is 81.2. The number of nitrogens with zero attached hydrogens (tertiary/aromatic N) is 9. The van der Waals surface area contributed by atoms with E-state index in [0.717, 1.165) is 71.4 Å². The van der Waals surface area contributed by atoms with E-state index >= 15 is 0 Å². The summed E-state index contributed by atoms with van der Waals surface area (Å²) in [5.74, 6) is 0.406. The van der Waals surface area contributed by atoms with Gasteiger partial charge < -0.3 is 43.5 Å². The molecule has 0 spiro atoms. The summed E-state index contributed by atoms with van der Waals surface area (Å²) in [6, 6.07) is 13.6. The molecule has 0 radical (unpaired) electrons. The van der Waals surface area contributed by atoms with Crippen LogP contribution in [0.5, 0.6) is 17.2 Å². The number of carbonyl (C=O) groups excluding carboxylic acids is 4. The zero-order chi connectivity index (χ0) is 55.0. The number of aromatic nitrogens is 6. The Bertz CT molecular complexity index is 3190. The van der Waals surface area contributed by atoms with E-state index in [9.17, 15) is 24.0 Å². The number of carbonyl (C=O) groups is 4. The van der Waals surface area contributed by atoms with E-state index in [2.05, 4.69) is 36.2 Å². The molecule has 2 atom stereocenters. The Labute approximate surface area is 455 Å². The second kappa shape index (κ2) is 21.8. The number of oxime groups is 1. The molecule has 8 heterocycles. The number of β-lactam (4-membered cyclic amide) rings is 1. The largest absolute Gasteiger partial charge is 0.497 e. The van der Waals surface area contributed by atoms with Crippen LogP contribution in [0.25, 0.3) is 5.70 Å². The SMILES string of the molecule is Bn1nnc(C2=C(C[N+]34CCC(CNC(=O)c5cc(=O)c(OCc6ccc(OC)cc6)cn5Cc5ccc(OC)cc5C)(CC3)CC4)CS[C@@H]3[C@H](NC(=O)/C(=N\OC(C)(C)C(=O)OC(C)(C)C)c4csc(C)n4)C(=O)N23)n1. The maximum atomic E-state index is 14.3. The first-order valence-electron chi connectivity index (χ1n) is 25.5. The van der Waals surface area contributed by atoms with Crippen molar-refractivity contribution in [2.45, 2.75) is 103 Å². The fourth-order valence-electron chi connectivity index (χ4n) is 10.1. The summed E-state index contributed by atoms with van der Waals surface area (Å²) in [7, 11) is 4.89. The number of pyridine rings is 1. The number of benzene rings is 2. The smallest absolute Gasteiger partial charge is 0.353 e. The van der Waals surface area contributed by atoms with Gasteiger partial charge in [0.25, 0.3) is 25.7 Å². The number of rotatable bonds is 19. The highest BCUT2D eigenvalue weighted by Gasteiger charge is 2.56. The van der Waals surface area contributed by atoms with Crippen molar-refractivity contribution in [2.24, 2.45) is 10.6 Å². The van der Waals surface area contributed by atoms with Gasteiger partial charge in [-0.25, -0.2) is 14.5 Å². The minimum atomic E-state index is -1.55. The average Bonchev–Trinajstić information content (AvgIpc) is 4.06. The van der Waals surface area contributed by atoms with Gasteiger partial charge in [-0.15, -0.1) is 33.3 Å². The van der Waals surface area contributed by atoms with E-state index < -0.39 is 39.9 Å². The van der Waals surface area contributed by atoms with E-state index in [1.165, 1.54) is 36.0 Å². The van der Waals surface area contributed by atoms with Gasteiger partial charge >= 0.3 is 5.97 Å². The van der Waals surface area contributed by atoms with E-state index in [1.807, 2.05) is 49.4 Å². The summed E-state index contributed by atoms with van der Waals surface area (Å²) in [5.41, 5.74) is 1.81. The highest BCUT2D eigenvalue weighted by atomic mass is 32.2. The highest BCUT2D eigenvalue weighted by molar-refractivity contribution is 8.00. The first-order valence-corrected chi connectivity index (χ1v) is 27.4. The van der Waals surface area contributed by atoms with Crippen LogP contribution in [0.15, 0.2) is 75.6 Å². The molecule has 2 aromatic carbocycles. The monoisotopic (exact) mass is 1090 g/mol. The maximum absolute atomic E-state index is 14.3. The number of thiazole rings is 1. The Kier molecular flexibility index (Phi) is 15.5. The standard InChI is InChI=1S/C53H64BN11O10S2/c1-31-22-37(72-9)15-12-34(31)24-62-25-41(73-27-33-10-13-36(71-8)14-11-33)40(66)23-39(62)46(67)55-30-53-16-19-65(20-17-53,21-18-53)26-35-28-77-49-43(48(69)63(49)44(35)45-58-61-64(54)59-45)57-47(68)42(38-29-76-32(2)56-38)60-75-52(6,7)50(70)74-51(3,4)5/h10-15,22-23,25,29,43,49H,16-21,24,26-28,30,54H2,1-9H3,(H-,55,57,67,68)/p+1/b60-42-/t43-,49-,53?,65?/m1/s1. The molecule has 5 aliphatic heterocycles. The van der Waals surface area contributed by atoms with Gasteiger partial charge in [-0.3, -0.25) is 24.1 Å². The van der Waals surface area contributed by atoms with Crippen LogP contribution in [0.4, 0.5) is 0 Å². The van der Waals surface area contributed by atoms with Gasteiger partial charge in [0, 0.05) is 60.5 Å². The lowest BCUT2D eigenvalue weighted by Gasteiger charge is -2.56. The molecule has 4 saturated heterocycles. The fraction of sp³-hybridized carbons (Fsp3) is 0.472. The van der Waals surface area contributed by atoms with E-state index in [1.54, 1.807) is 82.7 Å². The number of ether oxygens (including phenoxy) is 4. The number of hydrogen-bond donors (Lipinski definition) is 2. The molecule has 0 unspecified atom stereocenters. The number of aryl methyl sites for hydroxylation is 2. The van der Waals surface area contributed by atoms with Crippen LogP contribution in [0, 0.1) is 19.3 Å². The number of fused-ring (bicyclic) bond motifs is 4. The lowest BCUT2D eigenvalue weighted by molar-refractivity contribution is -0.941. The minimum absolute atomic E-state index is 0.132. The van der Waals surface area contributed by atoms with Crippen molar-refractivity contribution in [1.29, 1.82) is 0 Å². The van der Waals surface area contributed by atoms with E-state index in [4.69, 9.17) is 23.8 Å². The zero-order valence-electron chi connectivity index (χ0n) is 45.1. The molecule has 406 valence electrons. The number of quaternary nitrogens is 1. The molecule has 21 nitrogen and oxygen atoms in total. The van der Waals surface area contributed by atoms with Crippen molar-refractivity contribution < 1.29 is 47.4 Å². The molecule has 10 rings (SSSR count). The second-order valence-corrected chi connectivity index (χ2v) is 23.9. The molecular weight excluding hydrogens is 1030 g/mol. The summed E-state index contributed by atoms with van der Waals surface area (Å²) in [5, 5.41) is 25.2. The molecule has 3 aromatic heterocycles. The molecule has 2 N–H and O–H groups in total. The Morgan fingerprint density at radius 1 is 0.961 bits per heavy atom. The number of tetrazole rings is 1. The van der Waals surface area contributed by atoms with Crippen LogP contribution in [-0.2, 0) is 37.1 Å². The molecule has 24 heteroatoms. The van der Waals surface area contributed by atoms with Gasteiger partial charge in [-0.2, -0.15) is 0 Å². The van der Waals surface area contributed by atoms with Gasteiger partial charge in [0.15, 0.2) is 11.5 Å². The van der Waals surface area contributed by atoms with Gasteiger partial charge in [0.2, 0.25) is 16.9 Å². The maximum Gasteiger partial charge on any atom is 0.353 e. The Hall–Kier alpha value is -7.05. The van der Waals surface area contributed by atoms with Crippen molar-refractivity contribution in [3.05, 3.63) is 115 Å². The molecule has 2 bridgehead atoms. The van der Waals surface area contributed by atoms with Crippen LogP contribution in [0.3, 0.4) is 0 Å². The number of amides is 3. The number of esters is 1. The van der Waals surface area contributed by atoms with Gasteiger partial charge in [-0.1, -0.05) is 28.6 Å². The third kappa shape index (κ3) is 11.9. The van der Waals surface area contributed by atoms with Crippen molar-refractivity contribution >= 4 is 66.2 Å². The predicted octanol–water partition coefficient (Wildman–Crippen LogP) is 4.03. The van der Waals surface area contributed by atoms with Gasteiger partial charge in [0.05, 0.1) is 50.8 Å². The molecule has 0 saturated carbocycles. The Morgan fingerprint density at radius 2 is 1.66 bits per heavy atom. The normalized spacial score (nSPS) is 21.2. The molecule has 5 aliphatic rings. The third-order valence-corrected chi connectivity index (χ3v) is 16.8.